The van der Waals surface area contributed by atoms with Gasteiger partial charge in [-0.25, -0.2) is 26.3 Å². The fourth-order valence-electron chi connectivity index (χ4n) is 4.64. The van der Waals surface area contributed by atoms with Crippen molar-refractivity contribution in [2.24, 2.45) is 10.2 Å². The summed E-state index contributed by atoms with van der Waals surface area (Å²) in [4.78, 5) is 9.78. The number of sulfonamides is 2. The van der Waals surface area contributed by atoms with Gasteiger partial charge in [0.15, 0.2) is 11.6 Å². The van der Waals surface area contributed by atoms with E-state index in [4.69, 9.17) is 21.6 Å². The van der Waals surface area contributed by atoms with Crippen LogP contribution in [-0.4, -0.2) is 52.3 Å². The quantitative estimate of drug-likeness (QED) is 0.0714. The zero-order valence-corrected chi connectivity index (χ0v) is 29.8. The predicted octanol–water partition coefficient (Wildman–Crippen LogP) is 6.03. The molecule has 0 unspecified atom stereocenters. The van der Waals surface area contributed by atoms with E-state index in [1.54, 1.807) is 56.3 Å². The van der Waals surface area contributed by atoms with E-state index in [2.05, 4.69) is 35.8 Å². The number of hydrazone groups is 2. The number of halogens is 1. The lowest BCUT2D eigenvalue weighted by Crippen LogP contribution is -2.18. The van der Waals surface area contributed by atoms with Crippen LogP contribution in [-0.2, 0) is 20.0 Å². The first kappa shape index (κ1) is 36.1. The van der Waals surface area contributed by atoms with Crippen molar-refractivity contribution in [2.45, 2.75) is 23.6 Å². The highest BCUT2D eigenvalue weighted by atomic mass is 35.5. The Bertz CT molecular complexity index is 2150. The highest BCUT2D eigenvalue weighted by molar-refractivity contribution is 7.89. The Balaban J connectivity index is 1.58. The van der Waals surface area contributed by atoms with Gasteiger partial charge in [0.05, 0.1) is 26.8 Å². The molecule has 4 aromatic carbocycles. The van der Waals surface area contributed by atoms with Crippen molar-refractivity contribution in [1.29, 1.82) is 0 Å². The minimum atomic E-state index is -3.59. The SMILES string of the molecule is CNS(=O)(=O)c1ccc(C(C)=NNc2nc(Nc3ccccc3)nc(NN=C(C)c3ccc(S(=O)(=O)NC)cc3)c2-c2cccc(Cl)c2)cc1. The molecule has 1 aromatic heterocycles. The third-order valence-corrected chi connectivity index (χ3v) is 10.5. The highest BCUT2D eigenvalue weighted by Gasteiger charge is 2.19. The van der Waals surface area contributed by atoms with Crippen molar-refractivity contribution in [3.8, 4) is 11.1 Å². The third-order valence-electron chi connectivity index (χ3n) is 7.41. The minimum Gasteiger partial charge on any atom is -0.324 e. The van der Waals surface area contributed by atoms with E-state index in [0.29, 0.717) is 50.3 Å². The lowest BCUT2D eigenvalue weighted by Gasteiger charge is -2.16. The smallest absolute Gasteiger partial charge is 0.240 e. The number of aromatic nitrogens is 2. The molecule has 0 radical (unpaired) electrons. The number of benzene rings is 4. The van der Waals surface area contributed by atoms with Gasteiger partial charge in [0.2, 0.25) is 26.0 Å². The van der Waals surface area contributed by atoms with Gasteiger partial charge in [-0.1, -0.05) is 66.2 Å². The summed E-state index contributed by atoms with van der Waals surface area (Å²) >= 11 is 6.42. The fraction of sp³-hybridized carbons (Fsp3) is 0.118. The summed E-state index contributed by atoms with van der Waals surface area (Å²) in [6, 6.07) is 29.2. The van der Waals surface area contributed by atoms with E-state index in [1.807, 2.05) is 36.4 Å². The maximum absolute atomic E-state index is 12.2. The number of nitrogens with one attached hydrogen (secondary N) is 5. The van der Waals surface area contributed by atoms with Gasteiger partial charge in [0.25, 0.3) is 0 Å². The molecular formula is C34H34ClN9O4S2. The van der Waals surface area contributed by atoms with Gasteiger partial charge < -0.3 is 5.32 Å². The largest absolute Gasteiger partial charge is 0.324 e. The van der Waals surface area contributed by atoms with Gasteiger partial charge in [-0.2, -0.15) is 20.2 Å². The first-order valence-corrected chi connectivity index (χ1v) is 18.4. The van der Waals surface area contributed by atoms with Crippen LogP contribution in [0.5, 0.6) is 0 Å². The van der Waals surface area contributed by atoms with Crippen molar-refractivity contribution in [2.75, 3.05) is 30.3 Å². The molecule has 0 saturated heterocycles. The van der Waals surface area contributed by atoms with Gasteiger partial charge in [-0.3, -0.25) is 10.9 Å². The molecule has 13 nitrogen and oxygen atoms in total. The molecule has 0 saturated carbocycles. The molecule has 0 aliphatic carbocycles. The lowest BCUT2D eigenvalue weighted by atomic mass is 10.1. The Kier molecular flexibility index (Phi) is 11.2. The summed E-state index contributed by atoms with van der Waals surface area (Å²) in [6.45, 7) is 3.55. The second-order valence-corrected chi connectivity index (χ2v) is 14.9. The van der Waals surface area contributed by atoms with Crippen LogP contribution in [0.2, 0.25) is 5.02 Å². The number of hydrogen-bond donors (Lipinski definition) is 5. The molecule has 258 valence electrons. The Morgan fingerprint density at radius 1 is 0.640 bits per heavy atom. The molecule has 50 heavy (non-hydrogen) atoms. The Morgan fingerprint density at radius 2 is 1.12 bits per heavy atom. The standard InChI is InChI=1S/C34H34ClN9O4S2/c1-22(24-13-17-29(18-14-24)49(45,46)36-3)41-43-32-31(26-9-8-10-27(35)21-26)33(40-34(39-32)38-28-11-6-5-7-12-28)44-42-23(2)25-15-19-30(20-16-25)50(47,48)37-4/h5-21,36-37H,1-4H3,(H3,38,39,40,43,44). The average Bonchev–Trinajstić information content (AvgIpc) is 3.13. The van der Waals surface area contributed by atoms with Crippen molar-refractivity contribution in [3.63, 3.8) is 0 Å². The van der Waals surface area contributed by atoms with Crippen LogP contribution in [0.3, 0.4) is 0 Å². The molecule has 0 aliphatic heterocycles. The van der Waals surface area contributed by atoms with Crippen LogP contribution < -0.4 is 25.6 Å². The van der Waals surface area contributed by atoms with Gasteiger partial charge >= 0.3 is 0 Å². The van der Waals surface area contributed by atoms with Crippen LogP contribution in [0, 0.1) is 0 Å². The molecule has 0 fully saturated rings. The maximum atomic E-state index is 12.2. The molecule has 5 aromatic rings. The van der Waals surface area contributed by atoms with Crippen molar-refractivity contribution < 1.29 is 16.8 Å². The minimum absolute atomic E-state index is 0.130. The predicted molar refractivity (Wildman–Crippen MR) is 199 cm³/mol. The van der Waals surface area contributed by atoms with Crippen LogP contribution >= 0.6 is 11.6 Å². The van der Waals surface area contributed by atoms with Gasteiger partial charge in [-0.15, -0.1) is 0 Å². The zero-order chi connectivity index (χ0) is 35.9. The Morgan fingerprint density at radius 3 is 1.56 bits per heavy atom. The van der Waals surface area contributed by atoms with Gasteiger partial charge in [-0.05, 0) is 93.2 Å². The van der Waals surface area contributed by atoms with Crippen molar-refractivity contribution in [3.05, 3.63) is 119 Å². The monoisotopic (exact) mass is 731 g/mol. The summed E-state index contributed by atoms with van der Waals surface area (Å²) in [6.07, 6.45) is 0. The molecule has 5 rings (SSSR count). The lowest BCUT2D eigenvalue weighted by molar-refractivity contribution is 0.586. The normalized spacial score (nSPS) is 12.4. The molecule has 0 spiro atoms. The molecule has 0 amide bonds. The third kappa shape index (κ3) is 8.69. The van der Waals surface area contributed by atoms with E-state index in [1.165, 1.54) is 38.4 Å². The zero-order valence-electron chi connectivity index (χ0n) is 27.4. The second-order valence-electron chi connectivity index (χ2n) is 10.7. The number of anilines is 4. The van der Waals surface area contributed by atoms with Crippen molar-refractivity contribution >= 4 is 66.3 Å². The molecule has 5 N–H and O–H groups in total. The number of nitrogens with zero attached hydrogens (tertiary/aromatic N) is 4. The van der Waals surface area contributed by atoms with E-state index in [0.717, 1.165) is 5.69 Å². The molecule has 16 heteroatoms. The summed E-state index contributed by atoms with van der Waals surface area (Å²) in [5.41, 5.74) is 10.5. The van der Waals surface area contributed by atoms with Crippen LogP contribution in [0.25, 0.3) is 11.1 Å². The molecule has 0 atom stereocenters. The summed E-state index contributed by atoms with van der Waals surface area (Å²) in [7, 11) is -4.48. The van der Waals surface area contributed by atoms with Gasteiger partial charge in [0, 0.05) is 10.7 Å². The van der Waals surface area contributed by atoms with E-state index in [9.17, 15) is 16.8 Å². The van der Waals surface area contributed by atoms with Crippen LogP contribution in [0.15, 0.2) is 123 Å². The number of hydrogen-bond acceptors (Lipinski definition) is 11. The Hall–Kier alpha value is -5.19. The summed E-state index contributed by atoms with van der Waals surface area (Å²) in [5.74, 6) is 0.855. The molecule has 0 bridgehead atoms. The maximum Gasteiger partial charge on any atom is 0.240 e. The Labute approximate surface area is 296 Å². The molecule has 1 heterocycles. The first-order valence-electron chi connectivity index (χ1n) is 15.1. The highest BCUT2D eigenvalue weighted by Crippen LogP contribution is 2.36. The van der Waals surface area contributed by atoms with Crippen LogP contribution in [0.4, 0.5) is 23.3 Å². The number of rotatable bonds is 13. The fourth-order valence-corrected chi connectivity index (χ4v) is 6.29. The molecular weight excluding hydrogens is 698 g/mol. The van der Waals surface area contributed by atoms with Crippen LogP contribution in [0.1, 0.15) is 25.0 Å². The average molecular weight is 732 g/mol. The topological polar surface area (TPSA) is 179 Å². The van der Waals surface area contributed by atoms with E-state index >= 15 is 0 Å². The second kappa shape index (κ2) is 15.6. The van der Waals surface area contributed by atoms with Crippen molar-refractivity contribution in [1.82, 2.24) is 19.4 Å². The first-order chi connectivity index (χ1) is 23.9. The van der Waals surface area contributed by atoms with E-state index < -0.39 is 20.0 Å². The number of para-hydroxylation sites is 1. The summed E-state index contributed by atoms with van der Waals surface area (Å²) in [5, 5.41) is 12.9. The van der Waals surface area contributed by atoms with Gasteiger partial charge in [0.1, 0.15) is 0 Å². The van der Waals surface area contributed by atoms with E-state index in [-0.39, 0.29) is 15.7 Å². The molecule has 0 aliphatic rings. The summed E-state index contributed by atoms with van der Waals surface area (Å²) < 4.78 is 53.4.